The van der Waals surface area contributed by atoms with Gasteiger partial charge in [0.2, 0.25) is 11.9 Å². The number of piperazine rings is 1. The van der Waals surface area contributed by atoms with Crippen molar-refractivity contribution in [2.75, 3.05) is 36.4 Å². The van der Waals surface area contributed by atoms with Gasteiger partial charge in [0.25, 0.3) is 0 Å². The average molecular weight is 457 g/mol. The Hall–Kier alpha value is -4.21. The number of nitrogens with one attached hydrogen (secondary N) is 2. The van der Waals surface area contributed by atoms with Gasteiger partial charge in [0, 0.05) is 56.1 Å². The molecule has 3 aromatic heterocycles. The van der Waals surface area contributed by atoms with Gasteiger partial charge in [-0.2, -0.15) is 10.1 Å². The number of amides is 1. The highest BCUT2D eigenvalue weighted by molar-refractivity contribution is 6.06. The fourth-order valence-corrected chi connectivity index (χ4v) is 4.78. The SMILES string of the molecule is Cc1cc(Nc2nc(N3CCN(C(=O)C4CC(=O)c5ccccc54)CC3)nn3cccc23)n[nH]1. The lowest BCUT2D eigenvalue weighted by atomic mass is 9.99. The van der Waals surface area contributed by atoms with E-state index < -0.39 is 0 Å². The van der Waals surface area contributed by atoms with Crippen molar-refractivity contribution >= 4 is 34.8 Å². The van der Waals surface area contributed by atoms with Crippen molar-refractivity contribution in [2.24, 2.45) is 0 Å². The highest BCUT2D eigenvalue weighted by atomic mass is 16.2. The van der Waals surface area contributed by atoms with Gasteiger partial charge in [-0.15, -0.1) is 5.10 Å². The molecule has 1 unspecified atom stereocenters. The molecule has 6 rings (SSSR count). The van der Waals surface area contributed by atoms with E-state index >= 15 is 0 Å². The minimum Gasteiger partial charge on any atom is -0.339 e. The number of H-pyrrole nitrogens is 1. The van der Waals surface area contributed by atoms with Crippen LogP contribution in [0.2, 0.25) is 0 Å². The number of aryl methyl sites for hydroxylation is 1. The summed E-state index contributed by atoms with van der Waals surface area (Å²) in [5.41, 5.74) is 3.34. The van der Waals surface area contributed by atoms with Gasteiger partial charge < -0.3 is 15.1 Å². The molecule has 1 aliphatic heterocycles. The normalized spacial score (nSPS) is 17.9. The van der Waals surface area contributed by atoms with E-state index in [1.807, 2.05) is 60.5 Å². The summed E-state index contributed by atoms with van der Waals surface area (Å²) < 4.78 is 1.79. The van der Waals surface area contributed by atoms with Gasteiger partial charge in [0.05, 0.1) is 5.92 Å². The Balaban J connectivity index is 1.19. The van der Waals surface area contributed by atoms with Crippen molar-refractivity contribution < 1.29 is 9.59 Å². The van der Waals surface area contributed by atoms with E-state index in [2.05, 4.69) is 25.5 Å². The molecular weight excluding hydrogens is 432 g/mol. The summed E-state index contributed by atoms with van der Waals surface area (Å²) in [6.07, 6.45) is 2.14. The van der Waals surface area contributed by atoms with Gasteiger partial charge in [-0.25, -0.2) is 4.52 Å². The zero-order valence-corrected chi connectivity index (χ0v) is 18.7. The van der Waals surface area contributed by atoms with Gasteiger partial charge in [0.15, 0.2) is 17.4 Å². The minimum absolute atomic E-state index is 0.0241. The Morgan fingerprint density at radius 1 is 1.12 bits per heavy atom. The van der Waals surface area contributed by atoms with Crippen LogP contribution in [0.3, 0.4) is 0 Å². The van der Waals surface area contributed by atoms with Gasteiger partial charge in [0.1, 0.15) is 5.52 Å². The van der Waals surface area contributed by atoms with E-state index in [-0.39, 0.29) is 24.0 Å². The number of benzene rings is 1. The number of rotatable bonds is 4. The fraction of sp³-hybridized carbons (Fsp3) is 0.292. The molecule has 34 heavy (non-hydrogen) atoms. The molecule has 1 fully saturated rings. The second kappa shape index (κ2) is 7.98. The topological polar surface area (TPSA) is 112 Å². The van der Waals surface area contributed by atoms with Crippen LogP contribution in [0.5, 0.6) is 0 Å². The van der Waals surface area contributed by atoms with Gasteiger partial charge in [-0.3, -0.25) is 14.7 Å². The van der Waals surface area contributed by atoms with E-state index in [0.29, 0.717) is 49.3 Å². The van der Waals surface area contributed by atoms with Crippen molar-refractivity contribution in [2.45, 2.75) is 19.3 Å². The quantitative estimate of drug-likeness (QED) is 0.485. The summed E-state index contributed by atoms with van der Waals surface area (Å²) in [5, 5.41) is 15.1. The smallest absolute Gasteiger partial charge is 0.245 e. The Morgan fingerprint density at radius 2 is 1.94 bits per heavy atom. The second-order valence-electron chi connectivity index (χ2n) is 8.74. The molecule has 1 saturated heterocycles. The predicted molar refractivity (Wildman–Crippen MR) is 127 cm³/mol. The van der Waals surface area contributed by atoms with Crippen LogP contribution in [0, 0.1) is 6.92 Å². The summed E-state index contributed by atoms with van der Waals surface area (Å²) in [5.74, 6) is 1.64. The van der Waals surface area contributed by atoms with E-state index in [9.17, 15) is 9.59 Å². The fourth-order valence-electron chi connectivity index (χ4n) is 4.78. The molecule has 1 aliphatic carbocycles. The van der Waals surface area contributed by atoms with Crippen molar-refractivity contribution in [3.63, 3.8) is 0 Å². The molecule has 4 heterocycles. The molecule has 2 N–H and O–H groups in total. The number of ketones is 1. The zero-order valence-electron chi connectivity index (χ0n) is 18.7. The maximum absolute atomic E-state index is 13.3. The largest absolute Gasteiger partial charge is 0.339 e. The number of aromatic amines is 1. The second-order valence-corrected chi connectivity index (χ2v) is 8.74. The standard InChI is InChI=1S/C24H24N8O2/c1-15-13-21(28-27-15)25-22-19-7-4-8-32(19)29-24(26-22)31-11-9-30(10-12-31)23(34)18-14-20(33)17-6-3-2-5-16(17)18/h2-8,13,18H,9-12,14H2,1H3,(H2,25,26,27,28,29). The Bertz CT molecular complexity index is 1400. The van der Waals surface area contributed by atoms with Crippen LogP contribution in [0.15, 0.2) is 48.7 Å². The molecule has 10 nitrogen and oxygen atoms in total. The molecule has 0 spiro atoms. The maximum Gasteiger partial charge on any atom is 0.245 e. The summed E-state index contributed by atoms with van der Waals surface area (Å²) >= 11 is 0. The molecule has 0 radical (unpaired) electrons. The highest BCUT2D eigenvalue weighted by Gasteiger charge is 2.37. The monoisotopic (exact) mass is 456 g/mol. The van der Waals surface area contributed by atoms with Crippen LogP contribution in [0.4, 0.5) is 17.6 Å². The molecule has 1 atom stereocenters. The average Bonchev–Trinajstić information content (AvgIpc) is 3.58. The van der Waals surface area contributed by atoms with Crippen LogP contribution in [0.1, 0.15) is 34.0 Å². The van der Waals surface area contributed by atoms with Gasteiger partial charge in [-0.1, -0.05) is 24.3 Å². The first kappa shape index (κ1) is 20.4. The Kier molecular flexibility index (Phi) is 4.79. The van der Waals surface area contributed by atoms with Crippen LogP contribution in [-0.4, -0.2) is 67.6 Å². The molecule has 0 saturated carbocycles. The van der Waals surface area contributed by atoms with Gasteiger partial charge in [-0.05, 0) is 24.6 Å². The van der Waals surface area contributed by atoms with Crippen LogP contribution < -0.4 is 10.2 Å². The maximum atomic E-state index is 13.3. The summed E-state index contributed by atoms with van der Waals surface area (Å²) in [6, 6.07) is 13.2. The molecular formula is C24H24N8O2. The Labute approximate surface area is 195 Å². The van der Waals surface area contributed by atoms with Crippen molar-refractivity contribution in [3.05, 3.63) is 65.5 Å². The van der Waals surface area contributed by atoms with E-state index in [1.54, 1.807) is 4.52 Å². The third-order valence-corrected chi connectivity index (χ3v) is 6.53. The number of carbonyl (C=O) groups is 2. The third kappa shape index (κ3) is 3.47. The molecule has 2 aliphatic rings. The van der Waals surface area contributed by atoms with Crippen LogP contribution in [-0.2, 0) is 4.79 Å². The highest BCUT2D eigenvalue weighted by Crippen LogP contribution is 2.34. The summed E-state index contributed by atoms with van der Waals surface area (Å²) in [6.45, 7) is 4.28. The number of aromatic nitrogens is 5. The number of carbonyl (C=O) groups excluding carboxylic acids is 2. The van der Waals surface area contributed by atoms with E-state index in [1.165, 1.54) is 0 Å². The third-order valence-electron chi connectivity index (χ3n) is 6.53. The molecule has 0 bridgehead atoms. The van der Waals surface area contributed by atoms with Crippen LogP contribution in [0.25, 0.3) is 5.52 Å². The first-order valence-corrected chi connectivity index (χ1v) is 11.4. The Morgan fingerprint density at radius 3 is 2.74 bits per heavy atom. The summed E-state index contributed by atoms with van der Waals surface area (Å²) in [7, 11) is 0. The number of anilines is 3. The predicted octanol–water partition coefficient (Wildman–Crippen LogP) is 2.52. The number of Topliss-reactive ketones (excluding diaryl/α,β-unsaturated/α-hetero) is 1. The molecule has 172 valence electrons. The minimum atomic E-state index is -0.379. The molecule has 1 amide bonds. The lowest BCUT2D eigenvalue weighted by Crippen LogP contribution is -2.50. The van der Waals surface area contributed by atoms with E-state index in [4.69, 9.17) is 4.98 Å². The lowest BCUT2D eigenvalue weighted by molar-refractivity contribution is -0.133. The summed E-state index contributed by atoms with van der Waals surface area (Å²) in [4.78, 5) is 34.3. The van der Waals surface area contributed by atoms with Crippen LogP contribution >= 0.6 is 0 Å². The van der Waals surface area contributed by atoms with Crippen molar-refractivity contribution in [3.8, 4) is 0 Å². The first-order chi connectivity index (χ1) is 16.6. The van der Waals surface area contributed by atoms with Crippen molar-refractivity contribution in [1.82, 2.24) is 29.7 Å². The number of nitrogens with zero attached hydrogens (tertiary/aromatic N) is 6. The van der Waals surface area contributed by atoms with E-state index in [0.717, 1.165) is 16.8 Å². The number of hydrogen-bond acceptors (Lipinski definition) is 7. The van der Waals surface area contributed by atoms with Crippen molar-refractivity contribution in [1.29, 1.82) is 0 Å². The molecule has 4 aromatic rings. The molecule has 1 aromatic carbocycles. The zero-order chi connectivity index (χ0) is 23.2. The lowest BCUT2D eigenvalue weighted by Gasteiger charge is -2.36. The number of fused-ring (bicyclic) bond motifs is 2. The number of hydrogen-bond donors (Lipinski definition) is 2. The van der Waals surface area contributed by atoms with Gasteiger partial charge >= 0.3 is 0 Å². The molecule has 10 heteroatoms. The first-order valence-electron chi connectivity index (χ1n) is 11.4.